The number of ether oxygens (including phenoxy) is 1. The third-order valence-electron chi connectivity index (χ3n) is 4.37. The second kappa shape index (κ2) is 11.6. The zero-order valence-electron chi connectivity index (χ0n) is 15.5. The van der Waals surface area contributed by atoms with Gasteiger partial charge in [0.05, 0.1) is 10.5 Å². The molecule has 0 aromatic heterocycles. The molecule has 0 aliphatic rings. The van der Waals surface area contributed by atoms with Gasteiger partial charge in [0.15, 0.2) is 0 Å². The molecule has 0 aliphatic heterocycles. The summed E-state index contributed by atoms with van der Waals surface area (Å²) in [7, 11) is 0. The second-order valence-corrected chi connectivity index (χ2v) is 6.39. The van der Waals surface area contributed by atoms with E-state index >= 15 is 0 Å². The first kappa shape index (κ1) is 21.1. The lowest BCUT2D eigenvalue weighted by Crippen LogP contribution is -2.39. The standard InChI is InChI=1S/C19H30N2O4/c1-4-6-7-8-9-15(3)18(20-5-2)14-25-19(22)16-10-12-17(13-11-16)21(23)24/h10-13,15,18,20H,4-9,14H2,1-3H3/t15-,18-/m0/s1. The van der Waals surface area contributed by atoms with E-state index in [1.165, 1.54) is 49.9 Å². The number of hydrogen-bond acceptors (Lipinski definition) is 5. The number of hydrogen-bond donors (Lipinski definition) is 1. The Morgan fingerprint density at radius 1 is 1.20 bits per heavy atom. The van der Waals surface area contributed by atoms with E-state index in [1.54, 1.807) is 0 Å². The van der Waals surface area contributed by atoms with Crippen molar-refractivity contribution in [3.8, 4) is 0 Å². The molecule has 0 spiro atoms. The van der Waals surface area contributed by atoms with E-state index in [9.17, 15) is 14.9 Å². The van der Waals surface area contributed by atoms with E-state index in [-0.39, 0.29) is 11.7 Å². The summed E-state index contributed by atoms with van der Waals surface area (Å²) in [6, 6.07) is 5.60. The number of unbranched alkanes of at least 4 members (excludes halogenated alkanes) is 3. The molecule has 140 valence electrons. The molecule has 0 fully saturated rings. The maximum atomic E-state index is 12.1. The minimum Gasteiger partial charge on any atom is -0.460 e. The Hall–Kier alpha value is -1.95. The molecule has 2 atom stereocenters. The molecule has 0 aliphatic carbocycles. The van der Waals surface area contributed by atoms with Gasteiger partial charge in [0.25, 0.3) is 5.69 Å². The van der Waals surface area contributed by atoms with Crippen LogP contribution in [0.15, 0.2) is 24.3 Å². The van der Waals surface area contributed by atoms with Crippen LogP contribution >= 0.6 is 0 Å². The first-order valence-corrected chi connectivity index (χ1v) is 9.14. The number of benzene rings is 1. The molecular formula is C19H30N2O4. The fourth-order valence-corrected chi connectivity index (χ4v) is 2.75. The number of carbonyl (C=O) groups is 1. The van der Waals surface area contributed by atoms with Crippen LogP contribution in [-0.2, 0) is 4.74 Å². The van der Waals surface area contributed by atoms with Crippen molar-refractivity contribution >= 4 is 11.7 Å². The Morgan fingerprint density at radius 3 is 2.44 bits per heavy atom. The molecule has 0 amide bonds. The lowest BCUT2D eigenvalue weighted by Gasteiger charge is -2.24. The third-order valence-corrected chi connectivity index (χ3v) is 4.37. The Labute approximate surface area is 150 Å². The molecular weight excluding hydrogens is 320 g/mol. The van der Waals surface area contributed by atoms with Gasteiger partial charge in [0.2, 0.25) is 0 Å². The van der Waals surface area contributed by atoms with Crippen LogP contribution in [0.25, 0.3) is 0 Å². The van der Waals surface area contributed by atoms with Crippen molar-refractivity contribution in [3.63, 3.8) is 0 Å². The summed E-state index contributed by atoms with van der Waals surface area (Å²) in [5, 5.41) is 14.0. The minimum atomic E-state index is -0.490. The monoisotopic (exact) mass is 350 g/mol. The van der Waals surface area contributed by atoms with Crippen LogP contribution in [0.2, 0.25) is 0 Å². The number of nitrogens with zero attached hydrogens (tertiary/aromatic N) is 1. The number of nitro groups is 1. The smallest absolute Gasteiger partial charge is 0.338 e. The number of likely N-dealkylation sites (N-methyl/N-ethyl adjacent to an activating group) is 1. The van der Waals surface area contributed by atoms with Gasteiger partial charge in [-0.25, -0.2) is 4.79 Å². The van der Waals surface area contributed by atoms with Crippen LogP contribution in [0.1, 0.15) is 63.2 Å². The highest BCUT2D eigenvalue weighted by Crippen LogP contribution is 2.16. The van der Waals surface area contributed by atoms with Crippen LogP contribution in [0, 0.1) is 16.0 Å². The third kappa shape index (κ3) is 7.65. The van der Waals surface area contributed by atoms with Crippen LogP contribution in [0.5, 0.6) is 0 Å². The molecule has 0 saturated heterocycles. The van der Waals surface area contributed by atoms with Gasteiger partial charge in [-0.3, -0.25) is 10.1 Å². The summed E-state index contributed by atoms with van der Waals surface area (Å²) in [5.74, 6) is -0.0301. The Morgan fingerprint density at radius 2 is 1.88 bits per heavy atom. The summed E-state index contributed by atoms with van der Waals surface area (Å²) in [6.45, 7) is 7.54. The molecule has 0 bridgehead atoms. The Bertz CT molecular complexity index is 531. The highest BCUT2D eigenvalue weighted by atomic mass is 16.6. The number of nitro benzene ring substituents is 1. The molecule has 1 aromatic rings. The van der Waals surface area contributed by atoms with Gasteiger partial charge in [-0.15, -0.1) is 0 Å². The predicted molar refractivity (Wildman–Crippen MR) is 98.8 cm³/mol. The molecule has 6 heteroatoms. The summed E-state index contributed by atoms with van der Waals surface area (Å²) in [5.41, 5.74) is 0.291. The van der Waals surface area contributed by atoms with E-state index in [1.807, 2.05) is 6.92 Å². The first-order valence-electron chi connectivity index (χ1n) is 9.14. The quantitative estimate of drug-likeness (QED) is 0.262. The van der Waals surface area contributed by atoms with Gasteiger partial charge in [-0.1, -0.05) is 46.5 Å². The summed E-state index contributed by atoms with van der Waals surface area (Å²) < 4.78 is 5.42. The predicted octanol–water partition coefficient (Wildman–Crippen LogP) is 4.34. The van der Waals surface area contributed by atoms with E-state index in [0.717, 1.165) is 13.0 Å². The molecule has 1 rings (SSSR count). The van der Waals surface area contributed by atoms with Gasteiger partial charge in [0.1, 0.15) is 6.61 Å². The van der Waals surface area contributed by atoms with Crippen LogP contribution in [-0.4, -0.2) is 30.1 Å². The van der Waals surface area contributed by atoms with Gasteiger partial charge in [-0.2, -0.15) is 0 Å². The lowest BCUT2D eigenvalue weighted by atomic mass is 9.95. The molecule has 1 aromatic carbocycles. The zero-order chi connectivity index (χ0) is 18.7. The van der Waals surface area contributed by atoms with Gasteiger partial charge in [-0.05, 0) is 31.0 Å². The van der Waals surface area contributed by atoms with Gasteiger partial charge < -0.3 is 10.1 Å². The second-order valence-electron chi connectivity index (χ2n) is 6.39. The van der Waals surface area contributed by atoms with E-state index < -0.39 is 10.9 Å². The van der Waals surface area contributed by atoms with E-state index in [4.69, 9.17) is 4.74 Å². The van der Waals surface area contributed by atoms with E-state index in [2.05, 4.69) is 19.2 Å². The highest BCUT2D eigenvalue weighted by Gasteiger charge is 2.19. The molecule has 25 heavy (non-hydrogen) atoms. The fourth-order valence-electron chi connectivity index (χ4n) is 2.75. The SMILES string of the molecule is CCCCCC[C@H](C)[C@H](COC(=O)c1ccc([N+](=O)[O-])cc1)NCC. The summed E-state index contributed by atoms with van der Waals surface area (Å²) in [4.78, 5) is 22.3. The topological polar surface area (TPSA) is 81.5 Å². The average Bonchev–Trinajstić information content (AvgIpc) is 2.61. The van der Waals surface area contributed by atoms with Crippen molar-refractivity contribution in [2.75, 3.05) is 13.2 Å². The summed E-state index contributed by atoms with van der Waals surface area (Å²) >= 11 is 0. The van der Waals surface area contributed by atoms with Crippen molar-refractivity contribution in [2.24, 2.45) is 5.92 Å². The largest absolute Gasteiger partial charge is 0.460 e. The average molecular weight is 350 g/mol. The van der Waals surface area contributed by atoms with Crippen molar-refractivity contribution in [1.82, 2.24) is 5.32 Å². The number of rotatable bonds is 12. The maximum absolute atomic E-state index is 12.1. The number of nitrogens with one attached hydrogen (secondary N) is 1. The summed E-state index contributed by atoms with van der Waals surface area (Å²) in [6.07, 6.45) is 6.01. The van der Waals surface area contributed by atoms with Gasteiger partial charge in [0, 0.05) is 18.2 Å². The van der Waals surface area contributed by atoms with Crippen LogP contribution in [0.3, 0.4) is 0 Å². The molecule has 0 radical (unpaired) electrons. The number of esters is 1. The Kier molecular flexibility index (Phi) is 9.77. The molecule has 1 N–H and O–H groups in total. The van der Waals surface area contributed by atoms with Crippen molar-refractivity contribution in [2.45, 2.75) is 58.9 Å². The zero-order valence-corrected chi connectivity index (χ0v) is 15.5. The maximum Gasteiger partial charge on any atom is 0.338 e. The molecule has 0 unspecified atom stereocenters. The van der Waals surface area contributed by atoms with Crippen LogP contribution in [0.4, 0.5) is 5.69 Å². The van der Waals surface area contributed by atoms with Crippen LogP contribution < -0.4 is 5.32 Å². The number of carbonyl (C=O) groups excluding carboxylic acids is 1. The Balaban J connectivity index is 2.51. The fraction of sp³-hybridized carbons (Fsp3) is 0.632. The highest BCUT2D eigenvalue weighted by molar-refractivity contribution is 5.89. The van der Waals surface area contributed by atoms with Crippen molar-refractivity contribution in [1.29, 1.82) is 0 Å². The number of non-ortho nitro benzene ring substituents is 1. The lowest BCUT2D eigenvalue weighted by molar-refractivity contribution is -0.384. The molecule has 6 nitrogen and oxygen atoms in total. The molecule has 0 heterocycles. The van der Waals surface area contributed by atoms with Crippen molar-refractivity contribution in [3.05, 3.63) is 39.9 Å². The minimum absolute atomic E-state index is 0.0391. The van der Waals surface area contributed by atoms with Crippen molar-refractivity contribution < 1.29 is 14.5 Å². The normalized spacial score (nSPS) is 13.2. The molecule has 0 saturated carbocycles. The van der Waals surface area contributed by atoms with Gasteiger partial charge >= 0.3 is 5.97 Å². The first-order chi connectivity index (χ1) is 12.0. The van der Waals surface area contributed by atoms with E-state index in [0.29, 0.717) is 18.1 Å².